The van der Waals surface area contributed by atoms with Crippen molar-refractivity contribution in [2.24, 2.45) is 0 Å². The largest absolute Gasteiger partial charge is 0.483 e. The van der Waals surface area contributed by atoms with E-state index >= 15 is 0 Å². The van der Waals surface area contributed by atoms with Crippen LogP contribution in [0.5, 0.6) is 5.75 Å². The molecule has 2 N–H and O–H groups in total. The van der Waals surface area contributed by atoms with Gasteiger partial charge >= 0.3 is 0 Å². The molecule has 20 heavy (non-hydrogen) atoms. The van der Waals surface area contributed by atoms with Crippen molar-refractivity contribution in [2.75, 3.05) is 19.7 Å². The SMILES string of the molecule is CCNC(=O)CNC(=O)COc1ccc(Br)cc1C=O. The standard InChI is InChI=1S/C13H15BrN2O4/c1-2-15-12(18)6-16-13(19)8-20-11-4-3-10(14)5-9(11)7-17/h3-5,7H,2,6,8H2,1H3,(H,15,18)(H,16,19). The minimum atomic E-state index is -0.434. The molecule has 0 aromatic heterocycles. The molecule has 1 aromatic carbocycles. The highest BCUT2D eigenvalue weighted by atomic mass is 79.9. The van der Waals surface area contributed by atoms with Gasteiger partial charge in [0.05, 0.1) is 12.1 Å². The fraction of sp³-hybridized carbons (Fsp3) is 0.308. The second-order valence-corrected chi connectivity index (χ2v) is 4.73. The summed E-state index contributed by atoms with van der Waals surface area (Å²) in [5.41, 5.74) is 0.343. The fourth-order valence-corrected chi connectivity index (χ4v) is 1.75. The Balaban J connectivity index is 2.45. The first-order valence-electron chi connectivity index (χ1n) is 5.97. The van der Waals surface area contributed by atoms with Crippen molar-refractivity contribution in [3.05, 3.63) is 28.2 Å². The molecule has 0 fully saturated rings. The monoisotopic (exact) mass is 342 g/mol. The zero-order chi connectivity index (χ0) is 15.0. The van der Waals surface area contributed by atoms with Gasteiger partial charge in [-0.05, 0) is 25.1 Å². The molecular weight excluding hydrogens is 328 g/mol. The van der Waals surface area contributed by atoms with Gasteiger partial charge < -0.3 is 15.4 Å². The molecule has 0 bridgehead atoms. The predicted molar refractivity (Wildman–Crippen MR) is 76.7 cm³/mol. The van der Waals surface area contributed by atoms with Crippen LogP contribution in [0.25, 0.3) is 0 Å². The van der Waals surface area contributed by atoms with Gasteiger partial charge in [0.2, 0.25) is 5.91 Å². The van der Waals surface area contributed by atoms with Crippen molar-refractivity contribution in [1.29, 1.82) is 0 Å². The second kappa shape index (κ2) is 8.31. The summed E-state index contributed by atoms with van der Waals surface area (Å²) in [4.78, 5) is 33.5. The number of hydrogen-bond donors (Lipinski definition) is 2. The molecule has 0 atom stereocenters. The van der Waals surface area contributed by atoms with Gasteiger partial charge in [0.15, 0.2) is 12.9 Å². The van der Waals surface area contributed by atoms with Crippen LogP contribution in [0.15, 0.2) is 22.7 Å². The van der Waals surface area contributed by atoms with Crippen LogP contribution in [0.3, 0.4) is 0 Å². The van der Waals surface area contributed by atoms with Crippen molar-refractivity contribution in [3.8, 4) is 5.75 Å². The molecule has 0 unspecified atom stereocenters. The molecule has 2 amide bonds. The molecule has 0 aliphatic carbocycles. The van der Waals surface area contributed by atoms with Crippen molar-refractivity contribution in [2.45, 2.75) is 6.92 Å². The van der Waals surface area contributed by atoms with Gasteiger partial charge in [-0.2, -0.15) is 0 Å². The average molecular weight is 343 g/mol. The van der Waals surface area contributed by atoms with Gasteiger partial charge in [0.1, 0.15) is 5.75 Å². The number of ether oxygens (including phenoxy) is 1. The van der Waals surface area contributed by atoms with Crippen LogP contribution in [0.1, 0.15) is 17.3 Å². The zero-order valence-corrected chi connectivity index (χ0v) is 12.5. The number of likely N-dealkylation sites (N-methyl/N-ethyl adjacent to an activating group) is 1. The first-order valence-corrected chi connectivity index (χ1v) is 6.77. The van der Waals surface area contributed by atoms with Crippen molar-refractivity contribution >= 4 is 34.0 Å². The van der Waals surface area contributed by atoms with Crippen LogP contribution in [-0.4, -0.2) is 37.8 Å². The molecule has 0 saturated heterocycles. The van der Waals surface area contributed by atoms with E-state index in [2.05, 4.69) is 26.6 Å². The van der Waals surface area contributed by atoms with Gasteiger partial charge in [-0.25, -0.2) is 0 Å². The lowest BCUT2D eigenvalue weighted by Crippen LogP contribution is -2.38. The van der Waals surface area contributed by atoms with E-state index in [0.29, 0.717) is 24.1 Å². The number of rotatable bonds is 7. The van der Waals surface area contributed by atoms with Gasteiger partial charge in [-0.3, -0.25) is 14.4 Å². The molecule has 0 spiro atoms. The Morgan fingerprint density at radius 3 is 2.70 bits per heavy atom. The molecule has 0 aliphatic rings. The Morgan fingerprint density at radius 1 is 1.30 bits per heavy atom. The quantitative estimate of drug-likeness (QED) is 0.721. The Labute approximate surface area is 125 Å². The topological polar surface area (TPSA) is 84.5 Å². The molecule has 0 aliphatic heterocycles. The molecule has 6 nitrogen and oxygen atoms in total. The fourth-order valence-electron chi connectivity index (χ4n) is 1.38. The number of aldehydes is 1. The van der Waals surface area contributed by atoms with Gasteiger partial charge in [-0.15, -0.1) is 0 Å². The summed E-state index contributed by atoms with van der Waals surface area (Å²) in [6, 6.07) is 4.88. The van der Waals surface area contributed by atoms with Gasteiger partial charge in [-0.1, -0.05) is 15.9 Å². The molecule has 0 saturated carbocycles. The summed E-state index contributed by atoms with van der Waals surface area (Å²) in [6.45, 7) is 1.93. The van der Waals surface area contributed by atoms with Crippen molar-refractivity contribution < 1.29 is 19.1 Å². The van der Waals surface area contributed by atoms with Crippen LogP contribution in [0.4, 0.5) is 0 Å². The number of halogens is 1. The lowest BCUT2D eigenvalue weighted by Gasteiger charge is -2.09. The minimum absolute atomic E-state index is 0.100. The van der Waals surface area contributed by atoms with Gasteiger partial charge in [0, 0.05) is 11.0 Å². The molecule has 7 heteroatoms. The third-order valence-electron chi connectivity index (χ3n) is 2.28. The summed E-state index contributed by atoms with van der Waals surface area (Å²) in [5.74, 6) is -0.384. The number of carbonyl (C=O) groups is 3. The smallest absolute Gasteiger partial charge is 0.258 e. The third kappa shape index (κ3) is 5.40. The van der Waals surface area contributed by atoms with Crippen LogP contribution in [0.2, 0.25) is 0 Å². The highest BCUT2D eigenvalue weighted by Crippen LogP contribution is 2.21. The van der Waals surface area contributed by atoms with E-state index < -0.39 is 5.91 Å². The normalized spacial score (nSPS) is 9.70. The maximum absolute atomic E-state index is 11.5. The van der Waals surface area contributed by atoms with E-state index in [1.54, 1.807) is 25.1 Å². The number of benzene rings is 1. The van der Waals surface area contributed by atoms with E-state index in [-0.39, 0.29) is 19.1 Å². The number of hydrogen-bond acceptors (Lipinski definition) is 4. The van der Waals surface area contributed by atoms with E-state index in [0.717, 1.165) is 4.47 Å². The average Bonchev–Trinajstić information content (AvgIpc) is 2.44. The summed E-state index contributed by atoms with van der Waals surface area (Å²) >= 11 is 3.23. The Bertz CT molecular complexity index is 505. The minimum Gasteiger partial charge on any atom is -0.483 e. The van der Waals surface area contributed by atoms with Crippen molar-refractivity contribution in [3.63, 3.8) is 0 Å². The Kier molecular flexibility index (Phi) is 6.72. The molecule has 108 valence electrons. The Hall–Kier alpha value is -1.89. The van der Waals surface area contributed by atoms with Crippen LogP contribution < -0.4 is 15.4 Å². The summed E-state index contributed by atoms with van der Waals surface area (Å²) < 4.78 is 5.98. The van der Waals surface area contributed by atoms with E-state index in [1.807, 2.05) is 0 Å². The van der Waals surface area contributed by atoms with Gasteiger partial charge in [0.25, 0.3) is 5.91 Å². The third-order valence-corrected chi connectivity index (χ3v) is 2.77. The van der Waals surface area contributed by atoms with E-state index in [9.17, 15) is 14.4 Å². The van der Waals surface area contributed by atoms with Crippen LogP contribution >= 0.6 is 15.9 Å². The number of nitrogens with one attached hydrogen (secondary N) is 2. The highest BCUT2D eigenvalue weighted by Gasteiger charge is 2.08. The number of carbonyl (C=O) groups excluding carboxylic acids is 3. The highest BCUT2D eigenvalue weighted by molar-refractivity contribution is 9.10. The summed E-state index contributed by atoms with van der Waals surface area (Å²) in [7, 11) is 0. The van der Waals surface area contributed by atoms with E-state index in [1.165, 1.54) is 0 Å². The first kappa shape index (κ1) is 16.2. The summed E-state index contributed by atoms with van der Waals surface area (Å²) in [5, 5.41) is 4.97. The molecule has 1 rings (SSSR count). The predicted octanol–water partition coefficient (Wildman–Crippen LogP) is 0.893. The lowest BCUT2D eigenvalue weighted by molar-refractivity contribution is -0.127. The molecule has 0 radical (unpaired) electrons. The van der Waals surface area contributed by atoms with E-state index in [4.69, 9.17) is 4.74 Å². The van der Waals surface area contributed by atoms with Crippen LogP contribution in [0, 0.1) is 0 Å². The van der Waals surface area contributed by atoms with Crippen molar-refractivity contribution in [1.82, 2.24) is 10.6 Å². The molecule has 0 heterocycles. The summed E-state index contributed by atoms with van der Waals surface area (Å²) in [6.07, 6.45) is 0.646. The second-order valence-electron chi connectivity index (χ2n) is 3.82. The maximum Gasteiger partial charge on any atom is 0.258 e. The van der Waals surface area contributed by atoms with Crippen LogP contribution in [-0.2, 0) is 9.59 Å². The molecule has 1 aromatic rings. The first-order chi connectivity index (χ1) is 9.56. The lowest BCUT2D eigenvalue weighted by atomic mass is 10.2. The molecular formula is C13H15BrN2O4. The maximum atomic E-state index is 11.5. The Morgan fingerprint density at radius 2 is 2.05 bits per heavy atom. The zero-order valence-electron chi connectivity index (χ0n) is 10.9. The number of amides is 2.